The van der Waals surface area contributed by atoms with Crippen molar-refractivity contribution in [2.45, 2.75) is 13.5 Å². The van der Waals surface area contributed by atoms with E-state index in [4.69, 9.17) is 0 Å². The Morgan fingerprint density at radius 1 is 1.06 bits per heavy atom. The van der Waals surface area contributed by atoms with Gasteiger partial charge in [-0.2, -0.15) is 0 Å². The Bertz CT molecular complexity index is 1210. The van der Waals surface area contributed by atoms with E-state index >= 15 is 0 Å². The number of hydrogen-bond donors (Lipinski definition) is 1. The average Bonchev–Trinajstić information content (AvgIpc) is 3.23. The van der Waals surface area contributed by atoms with Crippen molar-refractivity contribution in [3.8, 4) is 0 Å². The van der Waals surface area contributed by atoms with Crippen LogP contribution >= 0.6 is 11.3 Å². The smallest absolute Gasteiger partial charge is 0.255 e. The van der Waals surface area contributed by atoms with Crippen molar-refractivity contribution < 1.29 is 13.2 Å². The summed E-state index contributed by atoms with van der Waals surface area (Å²) in [6.45, 7) is 5.71. The normalized spacial score (nSPS) is 15.1. The van der Waals surface area contributed by atoms with Gasteiger partial charge in [0.2, 0.25) is 0 Å². The SMILES string of the molecule is Cc1nc(CN2CCN(C(=O)c3ccc(NS(=O)(=O)/C=C/c4ccccc4)cc3)CC2)cs1. The minimum atomic E-state index is -3.65. The van der Waals surface area contributed by atoms with Crippen molar-refractivity contribution in [3.05, 3.63) is 87.2 Å². The van der Waals surface area contributed by atoms with Gasteiger partial charge in [0.1, 0.15) is 0 Å². The van der Waals surface area contributed by atoms with E-state index in [2.05, 4.69) is 20.0 Å². The van der Waals surface area contributed by atoms with E-state index < -0.39 is 10.0 Å². The summed E-state index contributed by atoms with van der Waals surface area (Å²) in [5.41, 5.74) is 2.83. The van der Waals surface area contributed by atoms with Crippen LogP contribution in [-0.2, 0) is 16.6 Å². The molecule has 3 aromatic rings. The first-order valence-electron chi connectivity index (χ1n) is 10.7. The molecular formula is C24H26N4O3S2. The van der Waals surface area contributed by atoms with Gasteiger partial charge in [0.25, 0.3) is 15.9 Å². The quantitative estimate of drug-likeness (QED) is 0.554. The van der Waals surface area contributed by atoms with Gasteiger partial charge >= 0.3 is 0 Å². The van der Waals surface area contributed by atoms with Crippen LogP contribution in [0.4, 0.5) is 5.69 Å². The highest BCUT2D eigenvalue weighted by molar-refractivity contribution is 7.95. The molecule has 0 atom stereocenters. The number of amides is 1. The summed E-state index contributed by atoms with van der Waals surface area (Å²) in [4.78, 5) is 21.5. The molecule has 0 bridgehead atoms. The lowest BCUT2D eigenvalue weighted by atomic mass is 10.1. The van der Waals surface area contributed by atoms with Crippen LogP contribution < -0.4 is 4.72 Å². The molecule has 0 spiro atoms. The number of nitrogens with zero attached hydrogens (tertiary/aromatic N) is 3. The zero-order valence-corrected chi connectivity index (χ0v) is 20.0. The fourth-order valence-electron chi connectivity index (χ4n) is 3.61. The number of nitrogens with one attached hydrogen (secondary N) is 1. The summed E-state index contributed by atoms with van der Waals surface area (Å²) in [7, 11) is -3.65. The molecule has 1 aromatic heterocycles. The van der Waals surface area contributed by atoms with Gasteiger partial charge in [-0.1, -0.05) is 30.3 Å². The molecule has 0 saturated carbocycles. The van der Waals surface area contributed by atoms with Crippen LogP contribution in [0.25, 0.3) is 6.08 Å². The number of aryl methyl sites for hydroxylation is 1. The number of sulfonamides is 1. The molecule has 0 unspecified atom stereocenters. The van der Waals surface area contributed by atoms with E-state index in [9.17, 15) is 13.2 Å². The maximum Gasteiger partial charge on any atom is 0.255 e. The molecular weight excluding hydrogens is 456 g/mol. The van der Waals surface area contributed by atoms with Crippen LogP contribution in [0, 0.1) is 6.92 Å². The number of carbonyl (C=O) groups is 1. The first-order chi connectivity index (χ1) is 15.9. The number of aromatic nitrogens is 1. The second kappa shape index (κ2) is 10.3. The summed E-state index contributed by atoms with van der Waals surface area (Å²) in [5, 5.41) is 4.28. The highest BCUT2D eigenvalue weighted by atomic mass is 32.2. The summed E-state index contributed by atoms with van der Waals surface area (Å²) in [5.74, 6) is -0.0440. The second-order valence-corrected chi connectivity index (χ2v) is 10.5. The van der Waals surface area contributed by atoms with Crippen LogP contribution in [0.15, 0.2) is 65.4 Å². The van der Waals surface area contributed by atoms with Gasteiger partial charge in [-0.3, -0.25) is 14.4 Å². The van der Waals surface area contributed by atoms with Gasteiger partial charge in [-0.25, -0.2) is 13.4 Å². The Morgan fingerprint density at radius 2 is 1.76 bits per heavy atom. The summed E-state index contributed by atoms with van der Waals surface area (Å²) >= 11 is 1.65. The molecule has 2 aromatic carbocycles. The predicted octanol–water partition coefficient (Wildman–Crippen LogP) is 3.82. The third-order valence-electron chi connectivity index (χ3n) is 5.34. The van der Waals surface area contributed by atoms with Crippen molar-refractivity contribution in [2.24, 2.45) is 0 Å². The molecule has 1 aliphatic rings. The minimum absolute atomic E-state index is 0.0440. The Balaban J connectivity index is 1.30. The third kappa shape index (κ3) is 6.50. The highest BCUT2D eigenvalue weighted by Crippen LogP contribution is 2.17. The lowest BCUT2D eigenvalue weighted by molar-refractivity contribution is 0.0627. The van der Waals surface area contributed by atoms with Crippen molar-refractivity contribution in [1.29, 1.82) is 0 Å². The number of rotatable bonds is 7. The number of anilines is 1. The minimum Gasteiger partial charge on any atom is -0.336 e. The van der Waals surface area contributed by atoms with Crippen molar-refractivity contribution in [3.63, 3.8) is 0 Å². The van der Waals surface area contributed by atoms with Gasteiger partial charge in [0, 0.05) is 49.4 Å². The summed E-state index contributed by atoms with van der Waals surface area (Å²) in [6, 6.07) is 15.8. The fraction of sp³-hybridized carbons (Fsp3) is 0.250. The molecule has 1 saturated heterocycles. The largest absolute Gasteiger partial charge is 0.336 e. The maximum absolute atomic E-state index is 12.9. The molecule has 0 radical (unpaired) electrons. The molecule has 172 valence electrons. The number of benzene rings is 2. The molecule has 33 heavy (non-hydrogen) atoms. The van der Waals surface area contributed by atoms with E-state index in [0.717, 1.165) is 41.3 Å². The van der Waals surface area contributed by atoms with Crippen LogP contribution in [0.5, 0.6) is 0 Å². The Hall–Kier alpha value is -3.01. The maximum atomic E-state index is 12.9. The zero-order chi connectivity index (χ0) is 23.3. The lowest BCUT2D eigenvalue weighted by Gasteiger charge is -2.34. The average molecular weight is 483 g/mol. The third-order valence-corrected chi connectivity index (χ3v) is 7.18. The van der Waals surface area contributed by atoms with Crippen LogP contribution in [0.2, 0.25) is 0 Å². The van der Waals surface area contributed by atoms with Crippen molar-refractivity contribution in [1.82, 2.24) is 14.8 Å². The van der Waals surface area contributed by atoms with E-state index in [1.807, 2.05) is 42.2 Å². The number of piperazine rings is 1. The number of thiazole rings is 1. The van der Waals surface area contributed by atoms with Crippen LogP contribution in [0.3, 0.4) is 0 Å². The number of carbonyl (C=O) groups excluding carboxylic acids is 1. The molecule has 1 N–H and O–H groups in total. The molecule has 4 rings (SSSR count). The zero-order valence-electron chi connectivity index (χ0n) is 18.3. The number of hydrogen-bond acceptors (Lipinski definition) is 6. The van der Waals surface area contributed by atoms with Gasteiger partial charge < -0.3 is 4.90 Å². The molecule has 1 fully saturated rings. The molecule has 1 amide bonds. The Morgan fingerprint density at radius 3 is 2.39 bits per heavy atom. The fourth-order valence-corrected chi connectivity index (χ4v) is 5.09. The van der Waals surface area contributed by atoms with E-state index in [0.29, 0.717) is 24.3 Å². The monoisotopic (exact) mass is 482 g/mol. The van der Waals surface area contributed by atoms with Gasteiger partial charge in [-0.05, 0) is 42.8 Å². The molecule has 2 heterocycles. The Labute approximate surface area is 198 Å². The van der Waals surface area contributed by atoms with Crippen molar-refractivity contribution in [2.75, 3.05) is 30.9 Å². The van der Waals surface area contributed by atoms with E-state index in [-0.39, 0.29) is 5.91 Å². The van der Waals surface area contributed by atoms with E-state index in [1.54, 1.807) is 35.6 Å². The van der Waals surface area contributed by atoms with Crippen molar-refractivity contribution >= 4 is 39.0 Å². The second-order valence-electron chi connectivity index (χ2n) is 7.86. The summed E-state index contributed by atoms with van der Waals surface area (Å²) in [6.07, 6.45) is 1.54. The van der Waals surface area contributed by atoms with Gasteiger partial charge in [-0.15, -0.1) is 11.3 Å². The van der Waals surface area contributed by atoms with Crippen LogP contribution in [0.1, 0.15) is 26.6 Å². The highest BCUT2D eigenvalue weighted by Gasteiger charge is 2.22. The van der Waals surface area contributed by atoms with Crippen LogP contribution in [-0.4, -0.2) is 55.3 Å². The molecule has 1 aliphatic heterocycles. The lowest BCUT2D eigenvalue weighted by Crippen LogP contribution is -2.48. The van der Waals surface area contributed by atoms with Gasteiger partial charge in [0.05, 0.1) is 16.1 Å². The van der Waals surface area contributed by atoms with E-state index in [1.165, 1.54) is 6.08 Å². The topological polar surface area (TPSA) is 82.6 Å². The molecule has 0 aliphatic carbocycles. The molecule has 9 heteroatoms. The molecule has 7 nitrogen and oxygen atoms in total. The van der Waals surface area contributed by atoms with Gasteiger partial charge in [0.15, 0.2) is 0 Å². The summed E-state index contributed by atoms with van der Waals surface area (Å²) < 4.78 is 27.2. The standard InChI is InChI=1S/C24H26N4O3S2/c1-19-25-23(18-32-19)17-27-12-14-28(15-13-27)24(29)21-7-9-22(10-8-21)26-33(30,31)16-11-20-5-3-2-4-6-20/h2-11,16,18,26H,12-15,17H2,1H3/b16-11+. The first-order valence-corrected chi connectivity index (χ1v) is 13.1. The predicted molar refractivity (Wildman–Crippen MR) is 132 cm³/mol. The first kappa shape index (κ1) is 23.2. The Kier molecular flexibility index (Phi) is 7.22.